The SMILES string of the molecule is COC(=O)C(CN(C)c1ccc(F)cc1)C(C)C. The summed E-state index contributed by atoms with van der Waals surface area (Å²) in [5.74, 6) is -0.468. The van der Waals surface area contributed by atoms with Crippen LogP contribution in [0.4, 0.5) is 10.1 Å². The maximum absolute atomic E-state index is 12.8. The molecule has 1 aromatic rings. The minimum absolute atomic E-state index is 0.190. The number of benzene rings is 1. The van der Waals surface area contributed by atoms with E-state index in [1.807, 2.05) is 25.8 Å². The molecular weight excluding hydrogens is 233 g/mol. The Morgan fingerprint density at radius 1 is 1.33 bits per heavy atom. The van der Waals surface area contributed by atoms with Gasteiger partial charge in [-0.15, -0.1) is 0 Å². The smallest absolute Gasteiger partial charge is 0.310 e. The van der Waals surface area contributed by atoms with Crippen molar-refractivity contribution in [3.05, 3.63) is 30.1 Å². The van der Waals surface area contributed by atoms with Crippen LogP contribution in [0.25, 0.3) is 0 Å². The zero-order valence-corrected chi connectivity index (χ0v) is 11.3. The van der Waals surface area contributed by atoms with Crippen LogP contribution in [0.5, 0.6) is 0 Å². The number of carbonyl (C=O) groups excluding carboxylic acids is 1. The molecule has 0 aliphatic carbocycles. The number of ether oxygens (including phenoxy) is 1. The highest BCUT2D eigenvalue weighted by Gasteiger charge is 2.24. The van der Waals surface area contributed by atoms with Crippen LogP contribution in [0.3, 0.4) is 0 Å². The Morgan fingerprint density at radius 3 is 2.33 bits per heavy atom. The number of esters is 1. The lowest BCUT2D eigenvalue weighted by Crippen LogP contribution is -2.34. The highest BCUT2D eigenvalue weighted by molar-refractivity contribution is 5.73. The summed E-state index contributed by atoms with van der Waals surface area (Å²) >= 11 is 0. The van der Waals surface area contributed by atoms with Gasteiger partial charge in [-0.2, -0.15) is 0 Å². The van der Waals surface area contributed by atoms with Gasteiger partial charge < -0.3 is 9.64 Å². The van der Waals surface area contributed by atoms with Crippen molar-refractivity contribution in [2.45, 2.75) is 13.8 Å². The van der Waals surface area contributed by atoms with Crippen LogP contribution >= 0.6 is 0 Å². The van der Waals surface area contributed by atoms with E-state index in [0.29, 0.717) is 6.54 Å². The van der Waals surface area contributed by atoms with Crippen molar-refractivity contribution in [1.29, 1.82) is 0 Å². The molecule has 100 valence electrons. The second kappa shape index (κ2) is 6.38. The zero-order valence-electron chi connectivity index (χ0n) is 11.3. The van der Waals surface area contributed by atoms with Crippen molar-refractivity contribution in [2.75, 3.05) is 25.6 Å². The van der Waals surface area contributed by atoms with E-state index in [-0.39, 0.29) is 23.6 Å². The Balaban J connectivity index is 2.75. The molecule has 0 aliphatic rings. The minimum atomic E-state index is -0.263. The molecule has 0 bridgehead atoms. The molecule has 0 N–H and O–H groups in total. The van der Waals surface area contributed by atoms with E-state index < -0.39 is 0 Å². The minimum Gasteiger partial charge on any atom is -0.469 e. The predicted octanol–water partition coefficient (Wildman–Crippen LogP) is 2.71. The Bertz CT molecular complexity index is 389. The van der Waals surface area contributed by atoms with E-state index >= 15 is 0 Å². The van der Waals surface area contributed by atoms with E-state index in [1.54, 1.807) is 12.1 Å². The molecule has 0 spiro atoms. The maximum Gasteiger partial charge on any atom is 0.310 e. The van der Waals surface area contributed by atoms with Crippen LogP contribution < -0.4 is 4.90 Å². The topological polar surface area (TPSA) is 29.5 Å². The molecule has 0 aliphatic heterocycles. The summed E-state index contributed by atoms with van der Waals surface area (Å²) in [6.45, 7) is 4.52. The lowest BCUT2D eigenvalue weighted by atomic mass is 9.95. The quantitative estimate of drug-likeness (QED) is 0.756. The van der Waals surface area contributed by atoms with Gasteiger partial charge in [0.2, 0.25) is 0 Å². The molecule has 3 nitrogen and oxygen atoms in total. The monoisotopic (exact) mass is 253 g/mol. The van der Waals surface area contributed by atoms with E-state index in [4.69, 9.17) is 4.74 Å². The lowest BCUT2D eigenvalue weighted by molar-refractivity contribution is -0.146. The zero-order chi connectivity index (χ0) is 13.7. The first-order valence-electron chi connectivity index (χ1n) is 6.00. The van der Waals surface area contributed by atoms with Crippen molar-refractivity contribution in [3.63, 3.8) is 0 Å². The summed E-state index contributed by atoms with van der Waals surface area (Å²) in [7, 11) is 3.28. The number of nitrogens with zero attached hydrogens (tertiary/aromatic N) is 1. The van der Waals surface area contributed by atoms with Crippen LogP contribution in [-0.4, -0.2) is 26.7 Å². The molecule has 0 heterocycles. The lowest BCUT2D eigenvalue weighted by Gasteiger charge is -2.26. The standard InChI is InChI=1S/C14H20FNO2/c1-10(2)13(14(17)18-4)9-16(3)12-7-5-11(15)6-8-12/h5-8,10,13H,9H2,1-4H3. The van der Waals surface area contributed by atoms with E-state index in [0.717, 1.165) is 5.69 Å². The Labute approximate surface area is 108 Å². The molecule has 0 radical (unpaired) electrons. The largest absolute Gasteiger partial charge is 0.469 e. The fourth-order valence-electron chi connectivity index (χ4n) is 1.80. The first-order chi connectivity index (χ1) is 8.45. The van der Waals surface area contributed by atoms with Gasteiger partial charge in [0.1, 0.15) is 5.82 Å². The molecule has 0 saturated carbocycles. The number of carbonyl (C=O) groups is 1. The van der Waals surface area contributed by atoms with Crippen molar-refractivity contribution >= 4 is 11.7 Å². The van der Waals surface area contributed by atoms with Crippen molar-refractivity contribution < 1.29 is 13.9 Å². The van der Waals surface area contributed by atoms with E-state index in [9.17, 15) is 9.18 Å². The molecule has 18 heavy (non-hydrogen) atoms. The summed E-state index contributed by atoms with van der Waals surface area (Å²) in [6, 6.07) is 6.22. The normalized spacial score (nSPS) is 12.3. The van der Waals surface area contributed by atoms with Gasteiger partial charge in [-0.1, -0.05) is 13.8 Å². The maximum atomic E-state index is 12.8. The molecule has 1 atom stereocenters. The predicted molar refractivity (Wildman–Crippen MR) is 70.0 cm³/mol. The van der Waals surface area contributed by atoms with Crippen molar-refractivity contribution in [1.82, 2.24) is 0 Å². The summed E-state index contributed by atoms with van der Waals surface area (Å²) in [5.41, 5.74) is 0.881. The Morgan fingerprint density at radius 2 is 1.89 bits per heavy atom. The van der Waals surface area contributed by atoms with Crippen LogP contribution in [0.15, 0.2) is 24.3 Å². The van der Waals surface area contributed by atoms with E-state index in [2.05, 4.69) is 0 Å². The third-order valence-corrected chi connectivity index (χ3v) is 3.05. The molecule has 0 saturated heterocycles. The van der Waals surface area contributed by atoms with Gasteiger partial charge >= 0.3 is 5.97 Å². The van der Waals surface area contributed by atoms with Crippen LogP contribution in [-0.2, 0) is 9.53 Å². The van der Waals surface area contributed by atoms with Gasteiger partial charge in [-0.25, -0.2) is 4.39 Å². The summed E-state index contributed by atoms with van der Waals surface area (Å²) in [6.07, 6.45) is 0. The van der Waals surface area contributed by atoms with Gasteiger partial charge in [0.15, 0.2) is 0 Å². The fourth-order valence-corrected chi connectivity index (χ4v) is 1.80. The number of hydrogen-bond donors (Lipinski definition) is 0. The van der Waals surface area contributed by atoms with Crippen LogP contribution in [0.1, 0.15) is 13.8 Å². The average molecular weight is 253 g/mol. The summed E-state index contributed by atoms with van der Waals surface area (Å²) in [5, 5.41) is 0. The highest BCUT2D eigenvalue weighted by atomic mass is 19.1. The fraction of sp³-hybridized carbons (Fsp3) is 0.500. The first kappa shape index (κ1) is 14.5. The Hall–Kier alpha value is -1.58. The molecule has 4 heteroatoms. The van der Waals surface area contributed by atoms with E-state index in [1.165, 1.54) is 19.2 Å². The van der Waals surface area contributed by atoms with Crippen LogP contribution in [0.2, 0.25) is 0 Å². The molecule has 0 amide bonds. The number of rotatable bonds is 5. The molecule has 0 fully saturated rings. The van der Waals surface area contributed by atoms with Gasteiger partial charge in [0.25, 0.3) is 0 Å². The number of methoxy groups -OCH3 is 1. The van der Waals surface area contributed by atoms with Gasteiger partial charge in [-0.3, -0.25) is 4.79 Å². The van der Waals surface area contributed by atoms with Gasteiger partial charge in [0.05, 0.1) is 13.0 Å². The second-order valence-corrected chi connectivity index (χ2v) is 4.73. The Kier molecular flexibility index (Phi) is 5.13. The summed E-state index contributed by atoms with van der Waals surface area (Å²) < 4.78 is 17.6. The first-order valence-corrected chi connectivity index (χ1v) is 6.00. The number of hydrogen-bond acceptors (Lipinski definition) is 3. The van der Waals surface area contributed by atoms with Crippen molar-refractivity contribution in [3.8, 4) is 0 Å². The third-order valence-electron chi connectivity index (χ3n) is 3.05. The van der Waals surface area contributed by atoms with Gasteiger partial charge in [-0.05, 0) is 30.2 Å². The molecule has 1 rings (SSSR count). The molecule has 1 unspecified atom stereocenters. The third kappa shape index (κ3) is 3.72. The second-order valence-electron chi connectivity index (χ2n) is 4.73. The molecular formula is C14H20FNO2. The number of anilines is 1. The molecule has 1 aromatic carbocycles. The highest BCUT2D eigenvalue weighted by Crippen LogP contribution is 2.19. The molecule has 0 aromatic heterocycles. The average Bonchev–Trinajstić information content (AvgIpc) is 2.35. The van der Waals surface area contributed by atoms with Crippen molar-refractivity contribution in [2.24, 2.45) is 11.8 Å². The van der Waals surface area contributed by atoms with Gasteiger partial charge in [0, 0.05) is 19.3 Å². The number of halogens is 1. The van der Waals surface area contributed by atoms with Crippen LogP contribution in [0, 0.1) is 17.7 Å². The summed E-state index contributed by atoms with van der Waals surface area (Å²) in [4.78, 5) is 13.6.